The van der Waals surface area contributed by atoms with Crippen LogP contribution < -0.4 is 4.74 Å². The normalized spacial score (nSPS) is 10.7. The summed E-state index contributed by atoms with van der Waals surface area (Å²) in [6, 6.07) is 14.7. The molecular formula is C20H21N3O3S. The van der Waals surface area contributed by atoms with Crippen LogP contribution in [0.4, 0.5) is 0 Å². The molecule has 1 aromatic heterocycles. The zero-order valence-electron chi connectivity index (χ0n) is 15.3. The average molecular weight is 383 g/mol. The van der Waals surface area contributed by atoms with E-state index in [0.717, 1.165) is 28.7 Å². The summed E-state index contributed by atoms with van der Waals surface area (Å²) in [4.78, 5) is 11.0. The van der Waals surface area contributed by atoms with E-state index in [1.54, 1.807) is 30.0 Å². The summed E-state index contributed by atoms with van der Waals surface area (Å²) in [5.74, 6) is 1.29. The van der Waals surface area contributed by atoms with Crippen LogP contribution in [-0.4, -0.2) is 38.2 Å². The number of aromatic carboxylic acids is 1. The smallest absolute Gasteiger partial charge is 0.335 e. The van der Waals surface area contributed by atoms with Crippen molar-refractivity contribution in [2.45, 2.75) is 18.5 Å². The molecule has 0 spiro atoms. The van der Waals surface area contributed by atoms with Crippen molar-refractivity contribution < 1.29 is 14.6 Å². The fraction of sp³-hybridized carbons (Fsp3) is 0.250. The topological polar surface area (TPSA) is 77.2 Å². The van der Waals surface area contributed by atoms with Crippen molar-refractivity contribution in [3.63, 3.8) is 0 Å². The van der Waals surface area contributed by atoms with E-state index in [1.807, 2.05) is 23.7 Å². The molecular weight excluding hydrogens is 362 g/mol. The van der Waals surface area contributed by atoms with E-state index >= 15 is 0 Å². The fourth-order valence-corrected chi connectivity index (χ4v) is 3.35. The van der Waals surface area contributed by atoms with Crippen molar-refractivity contribution in [3.05, 3.63) is 59.7 Å². The van der Waals surface area contributed by atoms with Crippen molar-refractivity contribution >= 4 is 17.7 Å². The van der Waals surface area contributed by atoms with Crippen LogP contribution in [0.2, 0.25) is 0 Å². The van der Waals surface area contributed by atoms with Crippen molar-refractivity contribution in [2.24, 2.45) is 7.05 Å². The first-order valence-electron chi connectivity index (χ1n) is 8.60. The number of thioether (sulfide) groups is 1. The summed E-state index contributed by atoms with van der Waals surface area (Å²) in [6.07, 6.45) is 0.814. The molecule has 1 heterocycles. The van der Waals surface area contributed by atoms with Crippen molar-refractivity contribution in [3.8, 4) is 17.1 Å². The number of carboxylic acids is 1. The predicted octanol–water partition coefficient (Wildman–Crippen LogP) is 4.05. The number of aromatic nitrogens is 3. The van der Waals surface area contributed by atoms with Gasteiger partial charge in [0.1, 0.15) is 5.75 Å². The SMILES string of the molecule is Cc1ccc(-c2nnc(SCCCOc3cccc(C(=O)O)c3)n2C)cc1. The maximum Gasteiger partial charge on any atom is 0.335 e. The standard InChI is InChI=1S/C20H21N3O3S/c1-14-7-9-15(10-8-14)18-21-22-20(23(18)2)27-12-4-11-26-17-6-3-5-16(13-17)19(24)25/h3,5-10,13H,4,11-12H2,1-2H3,(H,24,25). The van der Waals surface area contributed by atoms with E-state index in [0.29, 0.717) is 12.4 Å². The third-order valence-electron chi connectivity index (χ3n) is 4.01. The zero-order chi connectivity index (χ0) is 19.2. The first kappa shape index (κ1) is 19.0. The van der Waals surface area contributed by atoms with Crippen LogP contribution in [-0.2, 0) is 7.05 Å². The number of benzene rings is 2. The average Bonchev–Trinajstić information content (AvgIpc) is 3.03. The molecule has 0 amide bonds. The lowest BCUT2D eigenvalue weighted by atomic mass is 10.1. The van der Waals surface area contributed by atoms with Crippen LogP contribution in [0, 0.1) is 6.92 Å². The number of rotatable bonds is 8. The van der Waals surface area contributed by atoms with Crippen molar-refractivity contribution in [1.29, 1.82) is 0 Å². The molecule has 3 rings (SSSR count). The first-order valence-corrected chi connectivity index (χ1v) is 9.58. The second-order valence-electron chi connectivity index (χ2n) is 6.11. The minimum Gasteiger partial charge on any atom is -0.494 e. The highest BCUT2D eigenvalue weighted by molar-refractivity contribution is 7.99. The number of carboxylic acid groups (broad SMARTS) is 1. The molecule has 0 aliphatic heterocycles. The summed E-state index contributed by atoms with van der Waals surface area (Å²) in [6.45, 7) is 2.57. The van der Waals surface area contributed by atoms with E-state index in [4.69, 9.17) is 9.84 Å². The van der Waals surface area contributed by atoms with E-state index in [1.165, 1.54) is 11.6 Å². The fourth-order valence-electron chi connectivity index (χ4n) is 2.53. The third-order valence-corrected chi connectivity index (χ3v) is 5.12. The highest BCUT2D eigenvalue weighted by Crippen LogP contribution is 2.23. The second kappa shape index (κ2) is 8.73. The molecule has 0 aliphatic carbocycles. The zero-order valence-corrected chi connectivity index (χ0v) is 16.1. The maximum absolute atomic E-state index is 11.0. The summed E-state index contributed by atoms with van der Waals surface area (Å²) < 4.78 is 7.62. The molecule has 3 aromatic rings. The molecule has 27 heavy (non-hydrogen) atoms. The molecule has 0 saturated heterocycles. The number of carbonyl (C=O) groups is 1. The minimum atomic E-state index is -0.956. The van der Waals surface area contributed by atoms with E-state index in [2.05, 4.69) is 29.3 Å². The van der Waals surface area contributed by atoms with Crippen LogP contribution >= 0.6 is 11.8 Å². The van der Waals surface area contributed by atoms with Crippen LogP contribution in [0.15, 0.2) is 53.7 Å². The Kier molecular flexibility index (Phi) is 6.13. The van der Waals surface area contributed by atoms with Crippen LogP contribution in [0.5, 0.6) is 5.75 Å². The lowest BCUT2D eigenvalue weighted by molar-refractivity contribution is 0.0696. The quantitative estimate of drug-likeness (QED) is 0.467. The van der Waals surface area contributed by atoms with Crippen molar-refractivity contribution in [1.82, 2.24) is 14.8 Å². The molecule has 0 fully saturated rings. The minimum absolute atomic E-state index is 0.226. The predicted molar refractivity (Wildman–Crippen MR) is 105 cm³/mol. The van der Waals surface area contributed by atoms with Crippen LogP contribution in [0.1, 0.15) is 22.3 Å². The van der Waals surface area contributed by atoms with Gasteiger partial charge in [0.05, 0.1) is 12.2 Å². The molecule has 140 valence electrons. The van der Waals surface area contributed by atoms with Gasteiger partial charge in [-0.25, -0.2) is 4.79 Å². The molecule has 2 aromatic carbocycles. The summed E-state index contributed by atoms with van der Waals surface area (Å²) in [5.41, 5.74) is 2.48. The molecule has 6 nitrogen and oxygen atoms in total. The van der Waals surface area contributed by atoms with Gasteiger partial charge in [0.25, 0.3) is 0 Å². The highest BCUT2D eigenvalue weighted by Gasteiger charge is 2.11. The van der Waals surface area contributed by atoms with Gasteiger partial charge in [0, 0.05) is 18.4 Å². The Morgan fingerprint density at radius 1 is 1.19 bits per heavy atom. The second-order valence-corrected chi connectivity index (χ2v) is 7.18. The molecule has 0 aliphatic rings. The van der Waals surface area contributed by atoms with Crippen LogP contribution in [0.25, 0.3) is 11.4 Å². The van der Waals surface area contributed by atoms with Gasteiger partial charge >= 0.3 is 5.97 Å². The van der Waals surface area contributed by atoms with Gasteiger partial charge in [-0.05, 0) is 31.5 Å². The summed E-state index contributed by atoms with van der Waals surface area (Å²) in [7, 11) is 1.96. The molecule has 0 radical (unpaired) electrons. The molecule has 0 saturated carbocycles. The van der Waals surface area contributed by atoms with Gasteiger partial charge in [-0.1, -0.05) is 47.7 Å². The Labute approximate surface area is 162 Å². The van der Waals surface area contributed by atoms with Gasteiger partial charge < -0.3 is 14.4 Å². The lowest BCUT2D eigenvalue weighted by Crippen LogP contribution is -2.02. The van der Waals surface area contributed by atoms with Gasteiger partial charge in [-0.2, -0.15) is 0 Å². The van der Waals surface area contributed by atoms with Gasteiger partial charge in [0.2, 0.25) is 0 Å². The molecule has 0 bridgehead atoms. The van der Waals surface area contributed by atoms with Crippen molar-refractivity contribution in [2.75, 3.05) is 12.4 Å². The number of nitrogens with zero attached hydrogens (tertiary/aromatic N) is 3. The number of hydrogen-bond donors (Lipinski definition) is 1. The third kappa shape index (κ3) is 4.89. The Morgan fingerprint density at radius 3 is 2.70 bits per heavy atom. The summed E-state index contributed by atoms with van der Waals surface area (Å²) >= 11 is 1.62. The van der Waals surface area contributed by atoms with Gasteiger partial charge in [-0.3, -0.25) is 0 Å². The number of hydrogen-bond acceptors (Lipinski definition) is 5. The van der Waals surface area contributed by atoms with E-state index < -0.39 is 5.97 Å². The highest BCUT2D eigenvalue weighted by atomic mass is 32.2. The molecule has 1 N–H and O–H groups in total. The monoisotopic (exact) mass is 383 g/mol. The molecule has 7 heteroatoms. The van der Waals surface area contributed by atoms with E-state index in [-0.39, 0.29) is 5.56 Å². The Bertz CT molecular complexity index is 922. The number of ether oxygens (including phenoxy) is 1. The van der Waals surface area contributed by atoms with Crippen LogP contribution in [0.3, 0.4) is 0 Å². The van der Waals surface area contributed by atoms with Gasteiger partial charge in [0.15, 0.2) is 11.0 Å². The molecule has 0 unspecified atom stereocenters. The Balaban J connectivity index is 1.49. The largest absolute Gasteiger partial charge is 0.494 e. The maximum atomic E-state index is 11.0. The first-order chi connectivity index (χ1) is 13.0. The summed E-state index contributed by atoms with van der Waals surface area (Å²) in [5, 5.41) is 18.4. The Hall–Kier alpha value is -2.80. The Morgan fingerprint density at radius 2 is 1.96 bits per heavy atom. The number of aryl methyl sites for hydroxylation is 1. The molecule has 0 atom stereocenters. The van der Waals surface area contributed by atoms with E-state index in [9.17, 15) is 4.79 Å². The lowest BCUT2D eigenvalue weighted by Gasteiger charge is -2.07. The van der Waals surface area contributed by atoms with Gasteiger partial charge in [-0.15, -0.1) is 10.2 Å².